The molecule has 0 radical (unpaired) electrons. The molecule has 0 saturated carbocycles. The summed E-state index contributed by atoms with van der Waals surface area (Å²) >= 11 is 0. The fourth-order valence-corrected chi connectivity index (χ4v) is 12.5. The summed E-state index contributed by atoms with van der Waals surface area (Å²) in [5, 5.41) is 121. The first kappa shape index (κ1) is 93.9. The minimum atomic E-state index is -1.99. The molecule has 0 aromatic carbocycles. The molecule has 0 aromatic rings. The van der Waals surface area contributed by atoms with Crippen molar-refractivity contribution < 1.29 is 89.4 Å². The summed E-state index contributed by atoms with van der Waals surface area (Å²) in [6.07, 6.45) is 65.4. The van der Waals surface area contributed by atoms with Crippen molar-refractivity contribution in [1.82, 2.24) is 5.32 Å². The van der Waals surface area contributed by atoms with Gasteiger partial charge in [0.1, 0.15) is 73.2 Å². The van der Waals surface area contributed by atoms with Gasteiger partial charge in [-0.25, -0.2) is 0 Å². The van der Waals surface area contributed by atoms with E-state index in [9.17, 15) is 61.0 Å². The third-order valence-corrected chi connectivity index (χ3v) is 18.8. The molecule has 0 bridgehead atoms. The zero-order valence-electron chi connectivity index (χ0n) is 63.4. The summed E-state index contributed by atoms with van der Waals surface area (Å²) < 4.78 is 34.4. The zero-order chi connectivity index (χ0) is 75.3. The van der Waals surface area contributed by atoms with E-state index in [1.807, 2.05) is 6.08 Å². The van der Waals surface area contributed by atoms with Crippen LogP contribution in [0.3, 0.4) is 0 Å². The van der Waals surface area contributed by atoms with E-state index in [1.54, 1.807) is 6.08 Å². The Balaban J connectivity index is 1.42. The van der Waals surface area contributed by atoms with Crippen LogP contribution >= 0.6 is 0 Å². The van der Waals surface area contributed by atoms with Crippen LogP contribution in [0.15, 0.2) is 146 Å². The van der Waals surface area contributed by atoms with Gasteiger partial charge in [0, 0.05) is 6.42 Å². The number of nitrogens with one attached hydrogen (secondary N) is 1. The highest BCUT2D eigenvalue weighted by Crippen LogP contribution is 2.33. The van der Waals surface area contributed by atoms with Crippen molar-refractivity contribution in [1.29, 1.82) is 0 Å². The topological polar surface area (TPSA) is 307 Å². The predicted octanol–water partition coefficient (Wildman–Crippen LogP) is 13.4. The van der Waals surface area contributed by atoms with Gasteiger partial charge in [-0.1, -0.05) is 275 Å². The number of carbonyl (C=O) groups excluding carboxylic acids is 1. The van der Waals surface area contributed by atoms with Gasteiger partial charge >= 0.3 is 0 Å². The Kier molecular flexibility index (Phi) is 57.4. The largest absolute Gasteiger partial charge is 0.394 e. The van der Waals surface area contributed by atoms with Gasteiger partial charge in [0.15, 0.2) is 18.9 Å². The SMILES string of the molecule is CC/C=C\C/C=C\C/C=C\C/C=C\C/C=C\C/C=C\C/C=C\C/C=C\C/C=C\CCCCCCCC(=O)NC(COC1OC(CO)C(OC2OC(CO)C(OC3OC(CO)C(O)C(O)C3O)C(O)C2O)C(O)C1O)C(O)/C=C/CC/C=C/CC/C=C/CCCCCCCCCCCCCCCCCC. The number of ether oxygens (including phenoxy) is 6. The molecule has 3 aliphatic rings. The molecule has 3 saturated heterocycles. The van der Waals surface area contributed by atoms with Gasteiger partial charge in [-0.3, -0.25) is 4.79 Å². The quantitative estimate of drug-likeness (QED) is 0.0199. The Labute approximate surface area is 625 Å². The fourth-order valence-electron chi connectivity index (χ4n) is 12.5. The van der Waals surface area contributed by atoms with Crippen LogP contribution in [0.2, 0.25) is 0 Å². The molecule has 0 spiro atoms. The van der Waals surface area contributed by atoms with E-state index in [0.29, 0.717) is 12.8 Å². The molecule has 104 heavy (non-hydrogen) atoms. The molecule has 19 heteroatoms. The minimum Gasteiger partial charge on any atom is -0.394 e. The third-order valence-electron chi connectivity index (χ3n) is 18.8. The monoisotopic (exact) mass is 1460 g/mol. The van der Waals surface area contributed by atoms with Gasteiger partial charge in [-0.2, -0.15) is 0 Å². The number of aliphatic hydroxyl groups is 11. The minimum absolute atomic E-state index is 0.199. The molecule has 3 rings (SSSR count). The molecular formula is C85H141NO18. The van der Waals surface area contributed by atoms with E-state index in [-0.39, 0.29) is 18.9 Å². The van der Waals surface area contributed by atoms with Crippen molar-refractivity contribution in [2.45, 2.75) is 356 Å². The number of rotatable bonds is 61. The first-order valence-corrected chi connectivity index (χ1v) is 40.1. The first-order valence-electron chi connectivity index (χ1n) is 40.1. The maximum Gasteiger partial charge on any atom is 0.220 e. The van der Waals surface area contributed by atoms with Gasteiger partial charge in [0.05, 0.1) is 38.6 Å². The average Bonchev–Trinajstić information content (AvgIpc) is 0.783. The summed E-state index contributed by atoms with van der Waals surface area (Å²) in [4.78, 5) is 13.5. The summed E-state index contributed by atoms with van der Waals surface area (Å²) in [5.74, 6) is -0.313. The second-order valence-electron chi connectivity index (χ2n) is 27.8. The molecule has 12 N–H and O–H groups in total. The standard InChI is InChI=1S/C85H141NO18/c1-3-5-7-9-11-13-15-17-19-21-23-25-27-29-31-32-33-34-35-36-37-39-41-43-45-47-49-51-53-55-57-59-61-63-73(91)86-68(69(90)62-60-58-56-54-52-50-48-46-44-42-40-38-30-28-26-24-22-20-18-16-14-12-10-8-6-4-2)67-99-83-79(97)76(94)81(71(65-88)101-83)104-85-80(98)77(95)82(72(66-89)102-85)103-84-78(96)75(93)74(92)70(64-87)100-84/h5,7,11,13,17,19,23,25,29,31,33-34,36-37,41,43-44,46-47,49,52,54,60,62,68-72,74-85,87-90,92-98H,3-4,6,8-10,12,14-16,18,20-22,24,26-28,30,32,35,38-40,42,45,48,50-51,53,55-59,61,63-67H2,1-2H3,(H,86,91)/b7-5-,13-11-,19-17-,25-23-,31-29-,34-33-,37-36-,43-41-,46-44+,49-47-,54-52+,62-60+. The normalized spacial score (nSPS) is 26.7. The smallest absolute Gasteiger partial charge is 0.220 e. The molecule has 19 nitrogen and oxygen atoms in total. The first-order chi connectivity index (χ1) is 50.8. The van der Waals surface area contributed by atoms with Gasteiger partial charge in [0.25, 0.3) is 0 Å². The number of aliphatic hydroxyl groups excluding tert-OH is 11. The fraction of sp³-hybridized carbons (Fsp3) is 0.706. The van der Waals surface area contributed by atoms with Crippen molar-refractivity contribution in [2.75, 3.05) is 26.4 Å². The van der Waals surface area contributed by atoms with Crippen molar-refractivity contribution >= 4 is 5.91 Å². The third kappa shape index (κ3) is 43.0. The van der Waals surface area contributed by atoms with E-state index in [2.05, 4.69) is 153 Å². The molecule has 3 fully saturated rings. The van der Waals surface area contributed by atoms with Crippen molar-refractivity contribution in [3.63, 3.8) is 0 Å². The average molecular weight is 1470 g/mol. The predicted molar refractivity (Wildman–Crippen MR) is 415 cm³/mol. The summed E-state index contributed by atoms with van der Waals surface area (Å²) in [7, 11) is 0. The van der Waals surface area contributed by atoms with Gasteiger partial charge in [-0.05, 0) is 116 Å². The maximum absolute atomic E-state index is 13.5. The van der Waals surface area contributed by atoms with E-state index in [1.165, 1.54) is 103 Å². The van der Waals surface area contributed by atoms with Gasteiger partial charge in [0.2, 0.25) is 5.91 Å². The molecule has 0 aromatic heterocycles. The van der Waals surface area contributed by atoms with E-state index in [0.717, 1.165) is 116 Å². The van der Waals surface area contributed by atoms with Crippen LogP contribution in [0.25, 0.3) is 0 Å². The van der Waals surface area contributed by atoms with Crippen LogP contribution in [0.5, 0.6) is 0 Å². The van der Waals surface area contributed by atoms with E-state index < -0.39 is 124 Å². The van der Waals surface area contributed by atoms with E-state index in [4.69, 9.17) is 28.4 Å². The molecule has 0 aliphatic carbocycles. The van der Waals surface area contributed by atoms with Crippen LogP contribution in [0.4, 0.5) is 0 Å². The van der Waals surface area contributed by atoms with Crippen LogP contribution in [0.1, 0.15) is 251 Å². The summed E-state index contributed by atoms with van der Waals surface area (Å²) in [6, 6.07) is -1.02. The highest BCUT2D eigenvalue weighted by Gasteiger charge is 2.54. The van der Waals surface area contributed by atoms with Crippen LogP contribution in [-0.4, -0.2) is 193 Å². The highest BCUT2D eigenvalue weighted by molar-refractivity contribution is 5.76. The Morgan fingerprint density at radius 3 is 1.08 bits per heavy atom. The summed E-state index contributed by atoms with van der Waals surface area (Å²) in [5.41, 5.74) is 0. The molecule has 3 aliphatic heterocycles. The van der Waals surface area contributed by atoms with Gasteiger partial charge < -0.3 is 89.9 Å². The number of amides is 1. The Bertz CT molecular complexity index is 2450. The number of hydrogen-bond acceptors (Lipinski definition) is 18. The highest BCUT2D eigenvalue weighted by atomic mass is 16.8. The molecule has 17 atom stereocenters. The van der Waals surface area contributed by atoms with Crippen molar-refractivity contribution in [2.24, 2.45) is 0 Å². The lowest BCUT2D eigenvalue weighted by Crippen LogP contribution is -2.66. The van der Waals surface area contributed by atoms with Crippen LogP contribution in [-0.2, 0) is 33.2 Å². The lowest BCUT2D eigenvalue weighted by Gasteiger charge is -2.48. The Morgan fingerprint density at radius 2 is 0.673 bits per heavy atom. The molecule has 1 amide bonds. The second kappa shape index (κ2) is 63.6. The van der Waals surface area contributed by atoms with Crippen molar-refractivity contribution in [3.8, 4) is 0 Å². The maximum atomic E-state index is 13.5. The lowest BCUT2D eigenvalue weighted by molar-refractivity contribution is -0.379. The molecular weight excluding hydrogens is 1320 g/mol. The van der Waals surface area contributed by atoms with Gasteiger partial charge in [-0.15, -0.1) is 0 Å². The van der Waals surface area contributed by atoms with Crippen LogP contribution in [0, 0.1) is 0 Å². The zero-order valence-corrected chi connectivity index (χ0v) is 63.4. The van der Waals surface area contributed by atoms with E-state index >= 15 is 0 Å². The second-order valence-corrected chi connectivity index (χ2v) is 27.8. The molecule has 594 valence electrons. The summed E-state index contributed by atoms with van der Waals surface area (Å²) in [6.45, 7) is 1.58. The number of hydrogen-bond donors (Lipinski definition) is 12. The number of unbranched alkanes of at least 4 members (excludes halogenated alkanes) is 23. The molecule has 17 unspecified atom stereocenters. The lowest BCUT2D eigenvalue weighted by atomic mass is 9.96. The Hall–Kier alpha value is -4.33. The van der Waals surface area contributed by atoms with Crippen molar-refractivity contribution in [3.05, 3.63) is 146 Å². The Morgan fingerprint density at radius 1 is 0.356 bits per heavy atom. The molecule has 3 heterocycles. The number of allylic oxidation sites excluding steroid dienone is 23. The number of carbonyl (C=O) groups is 1. The van der Waals surface area contributed by atoms with Crippen LogP contribution < -0.4 is 5.32 Å².